The molecule has 0 amide bonds. The zero-order valence-corrected chi connectivity index (χ0v) is 12.0. The van der Waals surface area contributed by atoms with Crippen LogP contribution < -0.4 is 5.73 Å². The maximum atomic E-state index is 11.0. The predicted molar refractivity (Wildman–Crippen MR) is 79.6 cm³/mol. The van der Waals surface area contributed by atoms with Crippen molar-refractivity contribution < 1.29 is 4.92 Å². The molecule has 1 aliphatic rings. The van der Waals surface area contributed by atoms with E-state index in [2.05, 4.69) is 11.8 Å². The molecule has 2 N–H and O–H groups in total. The van der Waals surface area contributed by atoms with Crippen LogP contribution in [-0.4, -0.2) is 35.5 Å². The first-order valence-corrected chi connectivity index (χ1v) is 7.28. The normalized spacial score (nSPS) is 21.6. The highest BCUT2D eigenvalue weighted by Gasteiger charge is 2.23. The molecular formula is C15H23N3O2. The maximum Gasteiger partial charge on any atom is 0.272 e. The summed E-state index contributed by atoms with van der Waals surface area (Å²) in [6, 6.07) is 7.24. The zero-order chi connectivity index (χ0) is 14.5. The highest BCUT2D eigenvalue weighted by atomic mass is 16.6. The summed E-state index contributed by atoms with van der Waals surface area (Å²) >= 11 is 0. The standard InChI is InChI=1S/C15H23N3O2/c1-12(16)14-6-4-9-17(11-14)10-8-13-5-2-3-7-15(13)18(19)20/h2-3,5,7,12,14H,4,6,8-11,16H2,1H3. The Morgan fingerprint density at radius 2 is 2.25 bits per heavy atom. The van der Waals surface area contributed by atoms with Crippen LogP contribution >= 0.6 is 0 Å². The van der Waals surface area contributed by atoms with Gasteiger partial charge in [-0.2, -0.15) is 0 Å². The molecule has 5 nitrogen and oxygen atoms in total. The number of rotatable bonds is 5. The van der Waals surface area contributed by atoms with E-state index in [1.807, 2.05) is 12.1 Å². The SMILES string of the molecule is CC(N)C1CCCN(CCc2ccccc2[N+](=O)[O-])C1. The Morgan fingerprint density at radius 3 is 2.95 bits per heavy atom. The number of hydrogen-bond donors (Lipinski definition) is 1. The third-order valence-corrected chi connectivity index (χ3v) is 4.17. The molecule has 2 rings (SSSR count). The lowest BCUT2D eigenvalue weighted by Crippen LogP contribution is -2.43. The van der Waals surface area contributed by atoms with E-state index in [9.17, 15) is 10.1 Å². The lowest BCUT2D eigenvalue weighted by atomic mass is 9.92. The van der Waals surface area contributed by atoms with E-state index in [0.717, 1.165) is 31.6 Å². The summed E-state index contributed by atoms with van der Waals surface area (Å²) in [6.07, 6.45) is 3.09. The van der Waals surface area contributed by atoms with Gasteiger partial charge in [0.05, 0.1) is 4.92 Å². The summed E-state index contributed by atoms with van der Waals surface area (Å²) in [6.45, 7) is 5.02. The van der Waals surface area contributed by atoms with E-state index in [0.29, 0.717) is 5.92 Å². The van der Waals surface area contributed by atoms with Crippen LogP contribution in [0.2, 0.25) is 0 Å². The summed E-state index contributed by atoms with van der Waals surface area (Å²) in [4.78, 5) is 13.1. The van der Waals surface area contributed by atoms with Crippen LogP contribution in [-0.2, 0) is 6.42 Å². The van der Waals surface area contributed by atoms with E-state index in [1.165, 1.54) is 12.8 Å². The van der Waals surface area contributed by atoms with Gasteiger partial charge in [0.2, 0.25) is 0 Å². The zero-order valence-electron chi connectivity index (χ0n) is 12.0. The molecule has 1 aliphatic heterocycles. The Labute approximate surface area is 119 Å². The molecule has 1 aromatic rings. The second kappa shape index (κ2) is 6.81. The lowest BCUT2D eigenvalue weighted by molar-refractivity contribution is -0.385. The van der Waals surface area contributed by atoms with E-state index < -0.39 is 0 Å². The molecule has 0 aromatic heterocycles. The minimum Gasteiger partial charge on any atom is -0.328 e. The smallest absolute Gasteiger partial charge is 0.272 e. The number of hydrogen-bond acceptors (Lipinski definition) is 4. The van der Waals surface area contributed by atoms with Crippen LogP contribution in [0, 0.1) is 16.0 Å². The molecular weight excluding hydrogens is 254 g/mol. The van der Waals surface area contributed by atoms with E-state index in [-0.39, 0.29) is 16.7 Å². The first kappa shape index (κ1) is 14.9. The molecule has 1 heterocycles. The molecule has 20 heavy (non-hydrogen) atoms. The number of nitrogens with two attached hydrogens (primary N) is 1. The topological polar surface area (TPSA) is 72.4 Å². The van der Waals surface area contributed by atoms with Crippen LogP contribution in [0.25, 0.3) is 0 Å². The molecule has 0 radical (unpaired) electrons. The van der Waals surface area contributed by atoms with E-state index >= 15 is 0 Å². The van der Waals surface area contributed by atoms with Gasteiger partial charge in [-0.15, -0.1) is 0 Å². The van der Waals surface area contributed by atoms with Crippen LogP contribution in [0.4, 0.5) is 5.69 Å². The number of para-hydroxylation sites is 1. The number of likely N-dealkylation sites (tertiary alicyclic amines) is 1. The summed E-state index contributed by atoms with van der Waals surface area (Å²) in [5, 5.41) is 11.0. The Hall–Kier alpha value is -1.46. The predicted octanol–water partition coefficient (Wildman–Crippen LogP) is 2.20. The Bertz CT molecular complexity index is 462. The van der Waals surface area contributed by atoms with Crippen LogP contribution in [0.1, 0.15) is 25.3 Å². The molecule has 0 aliphatic carbocycles. The summed E-state index contributed by atoms with van der Waals surface area (Å²) in [5.41, 5.74) is 7.03. The van der Waals surface area contributed by atoms with Gasteiger partial charge in [0.25, 0.3) is 5.69 Å². The number of nitro groups is 1. The first-order valence-electron chi connectivity index (χ1n) is 7.28. The first-order chi connectivity index (χ1) is 9.58. The van der Waals surface area contributed by atoms with Gasteiger partial charge in [-0.25, -0.2) is 0 Å². The van der Waals surface area contributed by atoms with Gasteiger partial charge in [-0.1, -0.05) is 18.2 Å². The van der Waals surface area contributed by atoms with Gasteiger partial charge in [0, 0.05) is 30.8 Å². The quantitative estimate of drug-likeness (QED) is 0.661. The molecule has 1 fully saturated rings. The van der Waals surface area contributed by atoms with Gasteiger partial charge in [-0.3, -0.25) is 10.1 Å². The van der Waals surface area contributed by atoms with Crippen molar-refractivity contribution in [1.82, 2.24) is 4.90 Å². The fourth-order valence-electron chi connectivity index (χ4n) is 2.90. The van der Waals surface area contributed by atoms with E-state index in [4.69, 9.17) is 5.73 Å². The van der Waals surface area contributed by atoms with Crippen molar-refractivity contribution in [3.05, 3.63) is 39.9 Å². The van der Waals surface area contributed by atoms with Crippen LogP contribution in [0.15, 0.2) is 24.3 Å². The molecule has 0 spiro atoms. The van der Waals surface area contributed by atoms with Gasteiger partial charge >= 0.3 is 0 Å². The van der Waals surface area contributed by atoms with Gasteiger partial charge < -0.3 is 10.6 Å². The van der Waals surface area contributed by atoms with Crippen molar-refractivity contribution in [3.63, 3.8) is 0 Å². The van der Waals surface area contributed by atoms with Crippen molar-refractivity contribution in [3.8, 4) is 0 Å². The fourth-order valence-corrected chi connectivity index (χ4v) is 2.90. The van der Waals surface area contributed by atoms with Gasteiger partial charge in [-0.05, 0) is 38.6 Å². The monoisotopic (exact) mass is 277 g/mol. The van der Waals surface area contributed by atoms with E-state index in [1.54, 1.807) is 12.1 Å². The number of piperidine rings is 1. The number of nitro benzene ring substituents is 1. The molecule has 1 aromatic carbocycles. The second-order valence-electron chi connectivity index (χ2n) is 5.70. The molecule has 0 saturated carbocycles. The molecule has 0 bridgehead atoms. The largest absolute Gasteiger partial charge is 0.328 e. The van der Waals surface area contributed by atoms with Crippen molar-refractivity contribution in [2.75, 3.05) is 19.6 Å². The lowest BCUT2D eigenvalue weighted by Gasteiger charge is -2.34. The van der Waals surface area contributed by atoms with Crippen molar-refractivity contribution in [1.29, 1.82) is 0 Å². The molecule has 2 atom stereocenters. The average molecular weight is 277 g/mol. The maximum absolute atomic E-state index is 11.0. The minimum absolute atomic E-state index is 0.226. The second-order valence-corrected chi connectivity index (χ2v) is 5.70. The van der Waals surface area contributed by atoms with Crippen LogP contribution in [0.3, 0.4) is 0 Å². The Balaban J connectivity index is 1.94. The third-order valence-electron chi connectivity index (χ3n) is 4.17. The minimum atomic E-state index is -0.295. The van der Waals surface area contributed by atoms with Gasteiger partial charge in [0.15, 0.2) is 0 Å². The molecule has 2 unspecified atom stereocenters. The molecule has 1 saturated heterocycles. The van der Waals surface area contributed by atoms with Crippen molar-refractivity contribution in [2.45, 2.75) is 32.2 Å². The molecule has 110 valence electrons. The Morgan fingerprint density at radius 1 is 1.50 bits per heavy atom. The van der Waals surface area contributed by atoms with Gasteiger partial charge in [0.1, 0.15) is 0 Å². The van der Waals surface area contributed by atoms with Crippen LogP contribution in [0.5, 0.6) is 0 Å². The van der Waals surface area contributed by atoms with Crippen molar-refractivity contribution >= 4 is 5.69 Å². The number of benzene rings is 1. The number of nitrogens with zero attached hydrogens (tertiary/aromatic N) is 2. The third kappa shape index (κ3) is 3.77. The summed E-state index contributed by atoms with van der Waals surface area (Å²) in [5.74, 6) is 0.550. The Kier molecular flexibility index (Phi) is 5.09. The van der Waals surface area contributed by atoms with Crippen molar-refractivity contribution in [2.24, 2.45) is 11.7 Å². The summed E-state index contributed by atoms with van der Waals surface area (Å²) < 4.78 is 0. The average Bonchev–Trinajstić information content (AvgIpc) is 2.45. The highest BCUT2D eigenvalue weighted by Crippen LogP contribution is 2.21. The molecule has 5 heteroatoms. The summed E-state index contributed by atoms with van der Waals surface area (Å²) in [7, 11) is 0. The highest BCUT2D eigenvalue weighted by molar-refractivity contribution is 5.39. The fraction of sp³-hybridized carbons (Fsp3) is 0.600.